The molecule has 3 nitrogen and oxygen atoms in total. The van der Waals surface area contributed by atoms with E-state index >= 15 is 0 Å². The first-order chi connectivity index (χ1) is 10.2. The van der Waals surface area contributed by atoms with Crippen molar-refractivity contribution in [1.29, 1.82) is 0 Å². The summed E-state index contributed by atoms with van der Waals surface area (Å²) in [6.07, 6.45) is 4.65. The number of rotatable bonds is 4. The number of halogens is 1. The van der Waals surface area contributed by atoms with Crippen molar-refractivity contribution in [2.75, 3.05) is 5.73 Å². The summed E-state index contributed by atoms with van der Waals surface area (Å²) in [5, 5.41) is 0. The van der Waals surface area contributed by atoms with Gasteiger partial charge in [0.15, 0.2) is 0 Å². The highest BCUT2D eigenvalue weighted by Gasteiger charge is 2.05. The smallest absolute Gasteiger partial charge is 0.113 e. The minimum atomic E-state index is 0.786. The Labute approximate surface area is 132 Å². The second kappa shape index (κ2) is 6.14. The number of hydrogen-bond donors (Lipinski definition) is 1. The van der Waals surface area contributed by atoms with Gasteiger partial charge in [-0.15, -0.1) is 0 Å². The number of imidazole rings is 1. The molecule has 0 unspecified atom stereocenters. The standard InChI is InChI=1S/C17H16BrN3/c18-15-6-4-13(5-7-15)12-21-9-8-20-17(21)11-14-2-1-3-16(19)10-14/h1-10H,11-12,19H2. The van der Waals surface area contributed by atoms with Crippen molar-refractivity contribution in [2.45, 2.75) is 13.0 Å². The van der Waals surface area contributed by atoms with Gasteiger partial charge in [-0.1, -0.05) is 40.2 Å². The first kappa shape index (κ1) is 13.9. The number of nitrogens with zero attached hydrogens (tertiary/aromatic N) is 2. The molecule has 0 atom stereocenters. The molecule has 21 heavy (non-hydrogen) atoms. The van der Waals surface area contributed by atoms with Gasteiger partial charge in [0, 0.05) is 35.5 Å². The number of anilines is 1. The first-order valence-corrected chi connectivity index (χ1v) is 7.59. The van der Waals surface area contributed by atoms with Crippen molar-refractivity contribution in [2.24, 2.45) is 0 Å². The maximum absolute atomic E-state index is 5.83. The van der Waals surface area contributed by atoms with Crippen LogP contribution in [-0.4, -0.2) is 9.55 Å². The third kappa shape index (κ3) is 3.52. The highest BCUT2D eigenvalue weighted by molar-refractivity contribution is 9.10. The molecule has 0 fully saturated rings. The minimum absolute atomic E-state index is 0.786. The van der Waals surface area contributed by atoms with Gasteiger partial charge in [0.25, 0.3) is 0 Å². The van der Waals surface area contributed by atoms with Crippen LogP contribution in [0.5, 0.6) is 0 Å². The second-order valence-electron chi connectivity index (χ2n) is 5.02. The molecule has 0 aliphatic heterocycles. The van der Waals surface area contributed by atoms with Gasteiger partial charge in [0.2, 0.25) is 0 Å². The van der Waals surface area contributed by atoms with E-state index in [-0.39, 0.29) is 0 Å². The third-order valence-corrected chi connectivity index (χ3v) is 3.91. The van der Waals surface area contributed by atoms with E-state index in [2.05, 4.69) is 55.8 Å². The summed E-state index contributed by atoms with van der Waals surface area (Å²) in [5.41, 5.74) is 9.06. The Balaban J connectivity index is 1.79. The first-order valence-electron chi connectivity index (χ1n) is 6.79. The molecule has 0 bridgehead atoms. The average Bonchev–Trinajstić information content (AvgIpc) is 2.89. The second-order valence-corrected chi connectivity index (χ2v) is 5.94. The summed E-state index contributed by atoms with van der Waals surface area (Å²) in [6, 6.07) is 16.3. The van der Waals surface area contributed by atoms with E-state index in [1.54, 1.807) is 0 Å². The van der Waals surface area contributed by atoms with Crippen LogP contribution in [0.15, 0.2) is 65.4 Å². The molecule has 0 amide bonds. The van der Waals surface area contributed by atoms with Crippen LogP contribution in [0.3, 0.4) is 0 Å². The predicted octanol–water partition coefficient (Wildman–Crippen LogP) is 3.87. The summed E-state index contributed by atoms with van der Waals surface area (Å²) in [7, 11) is 0. The molecule has 0 aliphatic carbocycles. The lowest BCUT2D eigenvalue weighted by Gasteiger charge is -2.09. The van der Waals surface area contributed by atoms with E-state index in [4.69, 9.17) is 5.73 Å². The summed E-state index contributed by atoms with van der Waals surface area (Å²) in [5.74, 6) is 1.04. The van der Waals surface area contributed by atoms with E-state index in [0.29, 0.717) is 0 Å². The summed E-state index contributed by atoms with van der Waals surface area (Å²) in [4.78, 5) is 4.47. The molecule has 106 valence electrons. The zero-order valence-corrected chi connectivity index (χ0v) is 13.1. The topological polar surface area (TPSA) is 43.8 Å². The highest BCUT2D eigenvalue weighted by atomic mass is 79.9. The van der Waals surface area contributed by atoms with Gasteiger partial charge in [-0.2, -0.15) is 0 Å². The van der Waals surface area contributed by atoms with Crippen molar-refractivity contribution in [3.05, 3.63) is 82.3 Å². The molecule has 0 spiro atoms. The van der Waals surface area contributed by atoms with Crippen LogP contribution in [0.1, 0.15) is 17.0 Å². The fraction of sp³-hybridized carbons (Fsp3) is 0.118. The average molecular weight is 342 g/mol. The van der Waals surface area contributed by atoms with Crippen LogP contribution in [0, 0.1) is 0 Å². The Morgan fingerprint density at radius 1 is 1.05 bits per heavy atom. The lowest BCUT2D eigenvalue weighted by Crippen LogP contribution is -2.05. The molecule has 0 saturated heterocycles. The zero-order valence-electron chi connectivity index (χ0n) is 11.5. The molecule has 0 saturated carbocycles. The van der Waals surface area contributed by atoms with E-state index in [1.807, 2.05) is 30.6 Å². The Morgan fingerprint density at radius 3 is 2.62 bits per heavy atom. The Morgan fingerprint density at radius 2 is 1.86 bits per heavy atom. The van der Waals surface area contributed by atoms with Crippen LogP contribution in [0.2, 0.25) is 0 Å². The van der Waals surface area contributed by atoms with E-state index < -0.39 is 0 Å². The summed E-state index contributed by atoms with van der Waals surface area (Å²) in [6.45, 7) is 0.824. The Hall–Kier alpha value is -2.07. The van der Waals surface area contributed by atoms with Gasteiger partial charge >= 0.3 is 0 Å². The molecule has 2 N–H and O–H groups in total. The van der Waals surface area contributed by atoms with Crippen LogP contribution < -0.4 is 5.73 Å². The molecule has 3 aromatic rings. The van der Waals surface area contributed by atoms with Gasteiger partial charge in [0.1, 0.15) is 5.82 Å². The van der Waals surface area contributed by atoms with Crippen molar-refractivity contribution >= 4 is 21.6 Å². The van der Waals surface area contributed by atoms with Crippen molar-refractivity contribution in [3.8, 4) is 0 Å². The zero-order chi connectivity index (χ0) is 14.7. The molecule has 0 aliphatic rings. The SMILES string of the molecule is Nc1cccc(Cc2nccn2Cc2ccc(Br)cc2)c1. The van der Waals surface area contributed by atoms with Crippen LogP contribution in [-0.2, 0) is 13.0 Å². The lowest BCUT2D eigenvalue weighted by atomic mass is 10.1. The Bertz CT molecular complexity index is 732. The van der Waals surface area contributed by atoms with Crippen LogP contribution in [0.4, 0.5) is 5.69 Å². The van der Waals surface area contributed by atoms with Gasteiger partial charge in [-0.25, -0.2) is 4.98 Å². The fourth-order valence-corrected chi connectivity index (χ4v) is 2.59. The predicted molar refractivity (Wildman–Crippen MR) is 89.1 cm³/mol. The van der Waals surface area contributed by atoms with Crippen LogP contribution in [0.25, 0.3) is 0 Å². The number of aromatic nitrogens is 2. The highest BCUT2D eigenvalue weighted by Crippen LogP contribution is 2.15. The van der Waals surface area contributed by atoms with E-state index in [1.165, 1.54) is 11.1 Å². The molecule has 0 radical (unpaired) electrons. The third-order valence-electron chi connectivity index (χ3n) is 3.38. The molecular formula is C17H16BrN3. The minimum Gasteiger partial charge on any atom is -0.399 e. The normalized spacial score (nSPS) is 10.7. The van der Waals surface area contributed by atoms with Gasteiger partial charge < -0.3 is 10.3 Å². The Kier molecular flexibility index (Phi) is 4.06. The van der Waals surface area contributed by atoms with Crippen molar-refractivity contribution in [3.63, 3.8) is 0 Å². The molecule has 1 heterocycles. The number of nitrogen functional groups attached to an aromatic ring is 1. The largest absolute Gasteiger partial charge is 0.399 e. The maximum atomic E-state index is 5.83. The fourth-order valence-electron chi connectivity index (χ4n) is 2.32. The quantitative estimate of drug-likeness (QED) is 0.732. The summed E-state index contributed by atoms with van der Waals surface area (Å²) >= 11 is 3.46. The van der Waals surface area contributed by atoms with E-state index in [9.17, 15) is 0 Å². The molecule has 3 rings (SSSR count). The molecule has 1 aromatic heterocycles. The monoisotopic (exact) mass is 341 g/mol. The van der Waals surface area contributed by atoms with Crippen molar-refractivity contribution < 1.29 is 0 Å². The number of nitrogens with two attached hydrogens (primary N) is 1. The summed E-state index contributed by atoms with van der Waals surface area (Å²) < 4.78 is 3.27. The molecule has 2 aromatic carbocycles. The lowest BCUT2D eigenvalue weighted by molar-refractivity contribution is 0.740. The molecular weight excluding hydrogens is 326 g/mol. The van der Waals surface area contributed by atoms with Gasteiger partial charge in [-0.05, 0) is 35.4 Å². The van der Waals surface area contributed by atoms with Gasteiger partial charge in [0.05, 0.1) is 0 Å². The maximum Gasteiger partial charge on any atom is 0.113 e. The number of benzene rings is 2. The van der Waals surface area contributed by atoms with Crippen molar-refractivity contribution in [1.82, 2.24) is 9.55 Å². The number of hydrogen-bond acceptors (Lipinski definition) is 2. The van der Waals surface area contributed by atoms with Gasteiger partial charge in [-0.3, -0.25) is 0 Å². The van der Waals surface area contributed by atoms with Crippen LogP contribution >= 0.6 is 15.9 Å². The van der Waals surface area contributed by atoms with E-state index in [0.717, 1.165) is 29.0 Å². The molecule has 4 heteroatoms.